The molecule has 3 rings (SSSR count). The molecule has 1 amide bonds. The minimum absolute atomic E-state index is 0.0454. The molecule has 1 saturated heterocycles. The molecule has 0 radical (unpaired) electrons. The van der Waals surface area contributed by atoms with Crippen molar-refractivity contribution < 1.29 is 14.3 Å². The number of ether oxygens (including phenoxy) is 2. The lowest BCUT2D eigenvalue weighted by Gasteiger charge is -2.31. The Morgan fingerprint density at radius 2 is 2.14 bits per heavy atom. The third kappa shape index (κ3) is 2.97. The molecule has 21 heavy (non-hydrogen) atoms. The van der Waals surface area contributed by atoms with E-state index < -0.39 is 6.10 Å². The third-order valence-electron chi connectivity index (χ3n) is 4.19. The molecule has 5 heteroatoms. The van der Waals surface area contributed by atoms with Crippen LogP contribution < -0.4 is 15.2 Å². The normalized spacial score (nSPS) is 24.1. The van der Waals surface area contributed by atoms with E-state index in [0.29, 0.717) is 24.1 Å². The number of nitrogens with two attached hydrogens (primary N) is 1. The Hall–Kier alpha value is -1.75. The molecule has 2 aliphatic heterocycles. The fraction of sp³-hybridized carbons (Fsp3) is 0.562. The smallest absolute Gasteiger partial charge is 0.267 e. The third-order valence-corrected chi connectivity index (χ3v) is 4.19. The van der Waals surface area contributed by atoms with Crippen LogP contribution >= 0.6 is 0 Å². The Morgan fingerprint density at radius 1 is 1.33 bits per heavy atom. The first-order valence-electron chi connectivity index (χ1n) is 7.68. The maximum absolute atomic E-state index is 12.7. The van der Waals surface area contributed by atoms with Gasteiger partial charge >= 0.3 is 0 Å². The second-order valence-electron chi connectivity index (χ2n) is 5.62. The molecule has 2 N–H and O–H groups in total. The quantitative estimate of drug-likeness (QED) is 0.914. The standard InChI is InChI=1S/C16H22N2O3/c17-9-3-5-12-6-4-10-18(12)16(19)15-11-20-13-7-1-2-8-14(13)21-15/h1-2,7-8,12,15H,3-6,9-11,17H2. The summed E-state index contributed by atoms with van der Waals surface area (Å²) in [7, 11) is 0. The van der Waals surface area contributed by atoms with Gasteiger partial charge in [0, 0.05) is 12.6 Å². The van der Waals surface area contributed by atoms with E-state index in [1.54, 1.807) is 0 Å². The number of likely N-dealkylation sites (tertiary alicyclic amines) is 1. The number of nitrogens with zero attached hydrogens (tertiary/aromatic N) is 1. The maximum atomic E-state index is 12.7. The van der Waals surface area contributed by atoms with Gasteiger partial charge in [-0.15, -0.1) is 0 Å². The van der Waals surface area contributed by atoms with Gasteiger partial charge in [0.15, 0.2) is 11.5 Å². The molecule has 2 atom stereocenters. The molecular weight excluding hydrogens is 268 g/mol. The minimum atomic E-state index is -0.529. The van der Waals surface area contributed by atoms with Crippen molar-refractivity contribution in [1.82, 2.24) is 4.90 Å². The number of rotatable bonds is 4. The van der Waals surface area contributed by atoms with E-state index in [0.717, 1.165) is 32.2 Å². The lowest BCUT2D eigenvalue weighted by molar-refractivity contribution is -0.142. The summed E-state index contributed by atoms with van der Waals surface area (Å²) in [5.74, 6) is 1.41. The average molecular weight is 290 g/mol. The average Bonchev–Trinajstić information content (AvgIpc) is 3.00. The maximum Gasteiger partial charge on any atom is 0.267 e. The van der Waals surface area contributed by atoms with Crippen LogP contribution in [-0.2, 0) is 4.79 Å². The molecule has 0 aromatic heterocycles. The lowest BCUT2D eigenvalue weighted by atomic mass is 10.1. The van der Waals surface area contributed by atoms with Crippen LogP contribution in [0, 0.1) is 0 Å². The SMILES string of the molecule is NCCCC1CCCN1C(=O)C1COc2ccccc2O1. The van der Waals surface area contributed by atoms with Crippen molar-refractivity contribution in [2.24, 2.45) is 5.73 Å². The summed E-state index contributed by atoms with van der Waals surface area (Å²) in [6, 6.07) is 7.78. The number of benzene rings is 1. The molecule has 5 nitrogen and oxygen atoms in total. The fourth-order valence-electron chi connectivity index (χ4n) is 3.11. The van der Waals surface area contributed by atoms with Gasteiger partial charge < -0.3 is 20.1 Å². The highest BCUT2D eigenvalue weighted by atomic mass is 16.6. The van der Waals surface area contributed by atoms with E-state index >= 15 is 0 Å². The summed E-state index contributed by atoms with van der Waals surface area (Å²) in [5.41, 5.74) is 5.58. The Balaban J connectivity index is 1.66. The van der Waals surface area contributed by atoms with Gasteiger partial charge in [-0.3, -0.25) is 4.79 Å². The van der Waals surface area contributed by atoms with Crippen molar-refractivity contribution in [2.45, 2.75) is 37.8 Å². The number of amides is 1. The summed E-state index contributed by atoms with van der Waals surface area (Å²) in [6.45, 7) is 1.78. The molecule has 0 bridgehead atoms. The Kier molecular flexibility index (Phi) is 4.29. The van der Waals surface area contributed by atoms with Crippen molar-refractivity contribution in [2.75, 3.05) is 19.7 Å². The van der Waals surface area contributed by atoms with E-state index in [-0.39, 0.29) is 12.5 Å². The highest BCUT2D eigenvalue weighted by molar-refractivity contribution is 5.82. The van der Waals surface area contributed by atoms with Crippen LogP contribution in [0.15, 0.2) is 24.3 Å². The molecule has 0 aliphatic carbocycles. The first-order valence-corrected chi connectivity index (χ1v) is 7.68. The predicted molar refractivity (Wildman–Crippen MR) is 79.4 cm³/mol. The van der Waals surface area contributed by atoms with Crippen LogP contribution in [0.2, 0.25) is 0 Å². The van der Waals surface area contributed by atoms with Gasteiger partial charge in [0.05, 0.1) is 0 Å². The Labute approximate surface area is 125 Å². The summed E-state index contributed by atoms with van der Waals surface area (Å²) < 4.78 is 11.5. The monoisotopic (exact) mass is 290 g/mol. The van der Waals surface area contributed by atoms with Gasteiger partial charge in [0.2, 0.25) is 6.10 Å². The van der Waals surface area contributed by atoms with Gasteiger partial charge in [-0.2, -0.15) is 0 Å². The van der Waals surface area contributed by atoms with Gasteiger partial charge in [0.1, 0.15) is 6.61 Å². The number of hydrogen-bond donors (Lipinski definition) is 1. The number of carbonyl (C=O) groups excluding carboxylic acids is 1. The van der Waals surface area contributed by atoms with Crippen LogP contribution in [0.25, 0.3) is 0 Å². The molecule has 2 unspecified atom stereocenters. The van der Waals surface area contributed by atoms with Crippen LogP contribution in [0.3, 0.4) is 0 Å². The number of carbonyl (C=O) groups is 1. The zero-order chi connectivity index (χ0) is 14.7. The zero-order valence-electron chi connectivity index (χ0n) is 12.2. The number of fused-ring (bicyclic) bond motifs is 1. The molecule has 1 aromatic rings. The molecule has 0 saturated carbocycles. The van der Waals surface area contributed by atoms with Crippen molar-refractivity contribution in [3.63, 3.8) is 0 Å². The van der Waals surface area contributed by atoms with Crippen LogP contribution in [0.4, 0.5) is 0 Å². The van der Waals surface area contributed by atoms with Gasteiger partial charge in [-0.05, 0) is 44.4 Å². The number of para-hydroxylation sites is 2. The fourth-order valence-corrected chi connectivity index (χ4v) is 3.11. The summed E-state index contributed by atoms with van der Waals surface area (Å²) in [6.07, 6.45) is 3.53. The van der Waals surface area contributed by atoms with E-state index in [1.807, 2.05) is 29.2 Å². The largest absolute Gasteiger partial charge is 0.485 e. The van der Waals surface area contributed by atoms with Gasteiger partial charge in [-0.25, -0.2) is 0 Å². The van der Waals surface area contributed by atoms with Gasteiger partial charge in [0.25, 0.3) is 5.91 Å². The second kappa shape index (κ2) is 6.35. The first kappa shape index (κ1) is 14.2. The highest BCUT2D eigenvalue weighted by Gasteiger charge is 2.36. The lowest BCUT2D eigenvalue weighted by Crippen LogP contribution is -2.48. The molecule has 114 valence electrons. The van der Waals surface area contributed by atoms with Crippen molar-refractivity contribution in [1.29, 1.82) is 0 Å². The summed E-state index contributed by atoms with van der Waals surface area (Å²) in [4.78, 5) is 14.6. The summed E-state index contributed by atoms with van der Waals surface area (Å²) >= 11 is 0. The molecule has 1 aromatic carbocycles. The van der Waals surface area contributed by atoms with E-state index in [1.165, 1.54) is 0 Å². The predicted octanol–water partition coefficient (Wildman–Crippen LogP) is 1.56. The van der Waals surface area contributed by atoms with E-state index in [9.17, 15) is 4.79 Å². The van der Waals surface area contributed by atoms with Crippen LogP contribution in [-0.4, -0.2) is 42.6 Å². The molecule has 2 aliphatic rings. The topological polar surface area (TPSA) is 64.8 Å². The van der Waals surface area contributed by atoms with Crippen molar-refractivity contribution in [3.05, 3.63) is 24.3 Å². The molecule has 0 spiro atoms. The Bertz CT molecular complexity index is 506. The number of hydrogen-bond acceptors (Lipinski definition) is 4. The Morgan fingerprint density at radius 3 is 2.95 bits per heavy atom. The van der Waals surface area contributed by atoms with E-state index in [2.05, 4.69) is 0 Å². The van der Waals surface area contributed by atoms with Crippen molar-refractivity contribution in [3.8, 4) is 11.5 Å². The highest BCUT2D eigenvalue weighted by Crippen LogP contribution is 2.32. The summed E-state index contributed by atoms with van der Waals surface area (Å²) in [5, 5.41) is 0. The molecular formula is C16H22N2O3. The van der Waals surface area contributed by atoms with Crippen LogP contribution in [0.5, 0.6) is 11.5 Å². The van der Waals surface area contributed by atoms with Crippen LogP contribution in [0.1, 0.15) is 25.7 Å². The van der Waals surface area contributed by atoms with Crippen molar-refractivity contribution >= 4 is 5.91 Å². The molecule has 1 fully saturated rings. The second-order valence-corrected chi connectivity index (χ2v) is 5.62. The first-order chi connectivity index (χ1) is 10.3. The minimum Gasteiger partial charge on any atom is -0.485 e. The van der Waals surface area contributed by atoms with E-state index in [4.69, 9.17) is 15.2 Å². The zero-order valence-corrected chi connectivity index (χ0v) is 12.2. The van der Waals surface area contributed by atoms with Gasteiger partial charge in [-0.1, -0.05) is 12.1 Å². The molecule has 2 heterocycles.